The molecule has 1 heterocycles. The second-order valence-electron chi connectivity index (χ2n) is 4.73. The molecular formula is C14H17ClN2O5. The molecule has 0 aliphatic carbocycles. The molecule has 22 heavy (non-hydrogen) atoms. The highest BCUT2D eigenvalue weighted by Crippen LogP contribution is 2.31. The topological polar surface area (TPSA) is 117 Å². The number of carboxylic acid groups (broad SMARTS) is 2. The molecule has 1 amide bonds. The number of nitrogens with one attached hydrogen (secondary N) is 1. The van der Waals surface area contributed by atoms with E-state index in [2.05, 4.69) is 10.3 Å². The average molecular weight is 329 g/mol. The van der Waals surface area contributed by atoms with Gasteiger partial charge in [-0.15, -0.1) is 0 Å². The van der Waals surface area contributed by atoms with Gasteiger partial charge in [-0.3, -0.25) is 9.78 Å². The minimum Gasteiger partial charge on any atom is -0.479 e. The lowest BCUT2D eigenvalue weighted by Gasteiger charge is -2.30. The summed E-state index contributed by atoms with van der Waals surface area (Å²) in [4.78, 5) is 38.5. The standard InChI is InChI=1S/C14H17ClN2O5/c1-3-14(4-2,9-6-5-8(15)7-16-9)13(22)17-10(11(18)19)12(20)21/h5-7,10H,3-4H2,1-2H3,(H,17,22)(H,18,19)(H,20,21). The Hall–Kier alpha value is -2.15. The Bertz CT molecular complexity index is 555. The van der Waals surface area contributed by atoms with Crippen LogP contribution in [0.15, 0.2) is 18.3 Å². The van der Waals surface area contributed by atoms with Crippen LogP contribution in [0.1, 0.15) is 32.4 Å². The van der Waals surface area contributed by atoms with Crippen molar-refractivity contribution < 1.29 is 24.6 Å². The number of aromatic nitrogens is 1. The van der Waals surface area contributed by atoms with Crippen LogP contribution >= 0.6 is 11.6 Å². The molecule has 0 atom stereocenters. The van der Waals surface area contributed by atoms with Gasteiger partial charge in [-0.25, -0.2) is 9.59 Å². The van der Waals surface area contributed by atoms with Crippen molar-refractivity contribution in [2.24, 2.45) is 0 Å². The first kappa shape index (κ1) is 17.9. The quantitative estimate of drug-likeness (QED) is 0.652. The van der Waals surface area contributed by atoms with E-state index < -0.39 is 29.3 Å². The number of hydrogen-bond acceptors (Lipinski definition) is 4. The van der Waals surface area contributed by atoms with Gasteiger partial charge in [0.1, 0.15) is 0 Å². The third kappa shape index (κ3) is 3.54. The molecule has 0 bridgehead atoms. The number of pyridine rings is 1. The first-order valence-corrected chi connectivity index (χ1v) is 7.05. The molecule has 3 N–H and O–H groups in total. The van der Waals surface area contributed by atoms with E-state index in [1.54, 1.807) is 26.0 Å². The Balaban J connectivity index is 3.18. The van der Waals surface area contributed by atoms with Gasteiger partial charge in [-0.1, -0.05) is 25.4 Å². The van der Waals surface area contributed by atoms with Gasteiger partial charge in [0.25, 0.3) is 0 Å². The highest BCUT2D eigenvalue weighted by molar-refractivity contribution is 6.30. The zero-order valence-electron chi connectivity index (χ0n) is 12.2. The van der Waals surface area contributed by atoms with E-state index in [1.165, 1.54) is 6.20 Å². The van der Waals surface area contributed by atoms with E-state index in [-0.39, 0.29) is 0 Å². The van der Waals surface area contributed by atoms with E-state index >= 15 is 0 Å². The van der Waals surface area contributed by atoms with Crippen LogP contribution in [0.2, 0.25) is 5.02 Å². The monoisotopic (exact) mass is 328 g/mol. The van der Waals surface area contributed by atoms with Crippen molar-refractivity contribution >= 4 is 29.4 Å². The molecule has 8 heteroatoms. The summed E-state index contributed by atoms with van der Waals surface area (Å²) in [5.41, 5.74) is -0.706. The second kappa shape index (κ2) is 7.22. The Morgan fingerprint density at radius 1 is 1.23 bits per heavy atom. The summed E-state index contributed by atoms with van der Waals surface area (Å²) < 4.78 is 0. The largest absolute Gasteiger partial charge is 0.479 e. The molecule has 0 fully saturated rings. The molecule has 1 rings (SSSR count). The van der Waals surface area contributed by atoms with Crippen molar-refractivity contribution in [1.82, 2.24) is 10.3 Å². The number of carbonyl (C=O) groups excluding carboxylic acids is 1. The maximum absolute atomic E-state index is 12.5. The molecule has 0 aliphatic rings. The number of aliphatic carboxylic acids is 2. The number of nitrogens with zero attached hydrogens (tertiary/aromatic N) is 1. The average Bonchev–Trinajstić information content (AvgIpc) is 2.47. The molecule has 7 nitrogen and oxygen atoms in total. The summed E-state index contributed by atoms with van der Waals surface area (Å²) in [5.74, 6) is -3.96. The fourth-order valence-corrected chi connectivity index (χ4v) is 2.32. The van der Waals surface area contributed by atoms with Gasteiger partial charge >= 0.3 is 11.9 Å². The second-order valence-corrected chi connectivity index (χ2v) is 5.17. The van der Waals surface area contributed by atoms with Crippen molar-refractivity contribution in [3.63, 3.8) is 0 Å². The molecule has 1 aromatic heterocycles. The molecule has 0 saturated carbocycles. The van der Waals surface area contributed by atoms with Crippen LogP contribution < -0.4 is 5.32 Å². The van der Waals surface area contributed by atoms with Crippen LogP contribution in [0.25, 0.3) is 0 Å². The van der Waals surface area contributed by atoms with E-state index in [1.807, 2.05) is 0 Å². The minimum atomic E-state index is -2.00. The fourth-order valence-electron chi connectivity index (χ4n) is 2.21. The van der Waals surface area contributed by atoms with E-state index in [9.17, 15) is 14.4 Å². The first-order chi connectivity index (χ1) is 10.3. The van der Waals surface area contributed by atoms with Crippen LogP contribution in [0.3, 0.4) is 0 Å². The van der Waals surface area contributed by atoms with Gasteiger partial charge in [0.05, 0.1) is 16.1 Å². The van der Waals surface area contributed by atoms with E-state index in [0.29, 0.717) is 23.6 Å². The molecule has 0 unspecified atom stereocenters. The van der Waals surface area contributed by atoms with Crippen LogP contribution in [0, 0.1) is 0 Å². The molecular weight excluding hydrogens is 312 g/mol. The van der Waals surface area contributed by atoms with Gasteiger partial charge in [0, 0.05) is 6.20 Å². The zero-order chi connectivity index (χ0) is 16.9. The first-order valence-electron chi connectivity index (χ1n) is 6.67. The summed E-state index contributed by atoms with van der Waals surface area (Å²) in [7, 11) is 0. The summed E-state index contributed by atoms with van der Waals surface area (Å²) >= 11 is 5.78. The predicted octanol–water partition coefficient (Wildman–Crippen LogP) is 1.45. The smallest absolute Gasteiger partial charge is 0.338 e. The lowest BCUT2D eigenvalue weighted by atomic mass is 9.77. The van der Waals surface area contributed by atoms with Crippen molar-refractivity contribution in [3.05, 3.63) is 29.0 Å². The van der Waals surface area contributed by atoms with E-state index in [4.69, 9.17) is 21.8 Å². The van der Waals surface area contributed by atoms with Crippen LogP contribution in [0.5, 0.6) is 0 Å². The number of carboxylic acids is 2. The molecule has 0 radical (unpaired) electrons. The number of amides is 1. The van der Waals surface area contributed by atoms with Gasteiger partial charge in [0.15, 0.2) is 0 Å². The Kier molecular flexibility index (Phi) is 5.87. The molecule has 1 aromatic rings. The van der Waals surface area contributed by atoms with Gasteiger partial charge in [-0.05, 0) is 25.0 Å². The predicted molar refractivity (Wildman–Crippen MR) is 78.7 cm³/mol. The lowest BCUT2D eigenvalue weighted by Crippen LogP contribution is -2.53. The van der Waals surface area contributed by atoms with Gasteiger partial charge in [0.2, 0.25) is 11.9 Å². The summed E-state index contributed by atoms with van der Waals surface area (Å²) in [5, 5.41) is 20.2. The lowest BCUT2D eigenvalue weighted by molar-refractivity contribution is -0.153. The third-order valence-electron chi connectivity index (χ3n) is 3.63. The molecule has 0 aliphatic heterocycles. The maximum Gasteiger partial charge on any atom is 0.338 e. The summed E-state index contributed by atoms with van der Waals surface area (Å²) in [6, 6.07) is 1.14. The fraction of sp³-hybridized carbons (Fsp3) is 0.429. The Morgan fingerprint density at radius 2 is 1.77 bits per heavy atom. The van der Waals surface area contributed by atoms with Crippen LogP contribution in [-0.2, 0) is 19.8 Å². The number of halogens is 1. The number of hydrogen-bond donors (Lipinski definition) is 3. The van der Waals surface area contributed by atoms with Crippen molar-refractivity contribution in [1.29, 1.82) is 0 Å². The highest BCUT2D eigenvalue weighted by Gasteiger charge is 2.41. The Labute approximate surface area is 132 Å². The van der Waals surface area contributed by atoms with Gasteiger partial charge < -0.3 is 15.5 Å². The SMILES string of the molecule is CCC(CC)(C(=O)NC(C(=O)O)C(=O)O)c1ccc(Cl)cn1. The molecule has 120 valence electrons. The summed E-state index contributed by atoms with van der Waals surface area (Å²) in [6.45, 7) is 3.49. The minimum absolute atomic E-state index is 0.329. The van der Waals surface area contributed by atoms with Crippen molar-refractivity contribution in [2.75, 3.05) is 0 Å². The molecule has 0 spiro atoms. The highest BCUT2D eigenvalue weighted by atomic mass is 35.5. The number of carbonyl (C=O) groups is 3. The zero-order valence-corrected chi connectivity index (χ0v) is 12.9. The van der Waals surface area contributed by atoms with Gasteiger partial charge in [-0.2, -0.15) is 0 Å². The van der Waals surface area contributed by atoms with Crippen LogP contribution in [0.4, 0.5) is 0 Å². The van der Waals surface area contributed by atoms with E-state index in [0.717, 1.165) is 0 Å². The van der Waals surface area contributed by atoms with Crippen LogP contribution in [-0.4, -0.2) is 39.1 Å². The van der Waals surface area contributed by atoms with Crippen molar-refractivity contribution in [3.8, 4) is 0 Å². The summed E-state index contributed by atoms with van der Waals surface area (Å²) in [6.07, 6.45) is 2.04. The molecule has 0 aromatic carbocycles. The van der Waals surface area contributed by atoms with Crippen molar-refractivity contribution in [2.45, 2.75) is 38.1 Å². The third-order valence-corrected chi connectivity index (χ3v) is 3.85. The molecule has 0 saturated heterocycles. The number of rotatable bonds is 7. The maximum atomic E-state index is 12.5. The normalized spacial score (nSPS) is 11.3. The Morgan fingerprint density at radius 3 is 2.14 bits per heavy atom.